The van der Waals surface area contributed by atoms with Crippen LogP contribution >= 0.6 is 31.9 Å². The normalized spacial score (nSPS) is 10.6. The molecular formula is C13H8Br2F3N. The predicted molar refractivity (Wildman–Crippen MR) is 75.5 cm³/mol. The lowest BCUT2D eigenvalue weighted by atomic mass is 10.2. The minimum absolute atomic E-state index is 0.228. The van der Waals surface area contributed by atoms with Gasteiger partial charge in [0.25, 0.3) is 0 Å². The van der Waals surface area contributed by atoms with Crippen molar-refractivity contribution in [3.63, 3.8) is 0 Å². The Morgan fingerprint density at radius 1 is 0.895 bits per heavy atom. The van der Waals surface area contributed by atoms with E-state index in [9.17, 15) is 13.2 Å². The third-order valence-electron chi connectivity index (χ3n) is 2.46. The van der Waals surface area contributed by atoms with Crippen LogP contribution < -0.4 is 5.32 Å². The number of anilines is 1. The fourth-order valence-electron chi connectivity index (χ4n) is 1.55. The standard InChI is InChI=1S/C13H8Br2F3N/c14-9-2-1-7(3-10(9)15)6-19-13-11(17)4-8(16)5-12(13)18/h1-5,19H,6H2. The van der Waals surface area contributed by atoms with Gasteiger partial charge in [-0.25, -0.2) is 13.2 Å². The van der Waals surface area contributed by atoms with Gasteiger partial charge in [0.1, 0.15) is 11.5 Å². The van der Waals surface area contributed by atoms with E-state index in [1.54, 1.807) is 6.07 Å². The number of rotatable bonds is 3. The van der Waals surface area contributed by atoms with Crippen LogP contribution in [0.15, 0.2) is 39.3 Å². The summed E-state index contributed by atoms with van der Waals surface area (Å²) in [6, 6.07) is 6.72. The molecule has 0 aromatic heterocycles. The van der Waals surface area contributed by atoms with E-state index in [1.165, 1.54) is 0 Å². The molecule has 0 atom stereocenters. The first-order chi connectivity index (χ1) is 8.97. The molecule has 0 heterocycles. The van der Waals surface area contributed by atoms with Crippen molar-refractivity contribution in [2.24, 2.45) is 0 Å². The molecule has 2 aromatic carbocycles. The summed E-state index contributed by atoms with van der Waals surface area (Å²) in [5, 5.41) is 2.62. The lowest BCUT2D eigenvalue weighted by Gasteiger charge is -2.09. The maximum atomic E-state index is 13.4. The van der Waals surface area contributed by atoms with Crippen molar-refractivity contribution >= 4 is 37.5 Å². The van der Waals surface area contributed by atoms with Gasteiger partial charge in [0, 0.05) is 27.6 Å². The third-order valence-corrected chi connectivity index (χ3v) is 4.34. The number of halogens is 5. The molecule has 0 aliphatic heterocycles. The smallest absolute Gasteiger partial charge is 0.152 e. The fourth-order valence-corrected chi connectivity index (χ4v) is 2.22. The van der Waals surface area contributed by atoms with E-state index < -0.39 is 17.5 Å². The van der Waals surface area contributed by atoms with Crippen LogP contribution in [-0.2, 0) is 6.54 Å². The van der Waals surface area contributed by atoms with Gasteiger partial charge in [0.2, 0.25) is 0 Å². The predicted octanol–water partition coefficient (Wildman–Crippen LogP) is 5.24. The molecule has 0 spiro atoms. The topological polar surface area (TPSA) is 12.0 Å². The Morgan fingerprint density at radius 3 is 2.11 bits per heavy atom. The molecule has 1 N–H and O–H groups in total. The van der Waals surface area contributed by atoms with Crippen LogP contribution in [0.1, 0.15) is 5.56 Å². The highest BCUT2D eigenvalue weighted by Gasteiger charge is 2.11. The zero-order chi connectivity index (χ0) is 14.0. The van der Waals surface area contributed by atoms with Gasteiger partial charge in [-0.3, -0.25) is 0 Å². The highest BCUT2D eigenvalue weighted by molar-refractivity contribution is 9.13. The second kappa shape index (κ2) is 5.96. The molecule has 0 bridgehead atoms. The summed E-state index contributed by atoms with van der Waals surface area (Å²) >= 11 is 6.67. The van der Waals surface area contributed by atoms with Crippen molar-refractivity contribution in [3.8, 4) is 0 Å². The first-order valence-electron chi connectivity index (χ1n) is 5.29. The van der Waals surface area contributed by atoms with Gasteiger partial charge in [0.15, 0.2) is 11.6 Å². The van der Waals surface area contributed by atoms with E-state index in [-0.39, 0.29) is 12.2 Å². The molecule has 2 rings (SSSR count). The molecule has 19 heavy (non-hydrogen) atoms. The molecule has 1 nitrogen and oxygen atoms in total. The number of benzene rings is 2. The minimum Gasteiger partial charge on any atom is -0.376 e. The maximum Gasteiger partial charge on any atom is 0.152 e. The number of hydrogen-bond donors (Lipinski definition) is 1. The van der Waals surface area contributed by atoms with Crippen molar-refractivity contribution in [1.82, 2.24) is 0 Å². The molecule has 0 aliphatic rings. The molecular weight excluding hydrogens is 387 g/mol. The Labute approximate surface area is 125 Å². The Morgan fingerprint density at radius 2 is 1.53 bits per heavy atom. The molecule has 6 heteroatoms. The minimum atomic E-state index is -0.950. The van der Waals surface area contributed by atoms with Gasteiger partial charge in [-0.1, -0.05) is 6.07 Å². The van der Waals surface area contributed by atoms with Gasteiger partial charge in [-0.2, -0.15) is 0 Å². The van der Waals surface area contributed by atoms with Gasteiger partial charge in [-0.05, 0) is 49.6 Å². The van der Waals surface area contributed by atoms with Crippen LogP contribution in [0.3, 0.4) is 0 Å². The highest BCUT2D eigenvalue weighted by Crippen LogP contribution is 2.25. The molecule has 2 aromatic rings. The lowest BCUT2D eigenvalue weighted by molar-refractivity contribution is 0.547. The van der Waals surface area contributed by atoms with Crippen molar-refractivity contribution in [2.45, 2.75) is 6.54 Å². The average molecular weight is 395 g/mol. The van der Waals surface area contributed by atoms with Crippen LogP contribution in [0.5, 0.6) is 0 Å². The van der Waals surface area contributed by atoms with Crippen molar-refractivity contribution in [2.75, 3.05) is 5.32 Å². The summed E-state index contributed by atoms with van der Waals surface area (Å²) < 4.78 is 41.3. The summed E-state index contributed by atoms with van der Waals surface area (Å²) in [6.07, 6.45) is 0. The van der Waals surface area contributed by atoms with E-state index in [0.717, 1.165) is 14.5 Å². The van der Waals surface area contributed by atoms with E-state index in [1.807, 2.05) is 12.1 Å². The Bertz CT molecular complexity index is 594. The Balaban J connectivity index is 2.16. The van der Waals surface area contributed by atoms with Crippen molar-refractivity contribution < 1.29 is 13.2 Å². The molecule has 0 aliphatic carbocycles. The fraction of sp³-hybridized carbons (Fsp3) is 0.0769. The van der Waals surface area contributed by atoms with E-state index in [4.69, 9.17) is 0 Å². The van der Waals surface area contributed by atoms with Gasteiger partial charge < -0.3 is 5.32 Å². The molecule has 100 valence electrons. The van der Waals surface area contributed by atoms with Gasteiger partial charge in [-0.15, -0.1) is 0 Å². The summed E-state index contributed by atoms with van der Waals surface area (Å²) in [6.45, 7) is 0.228. The first kappa shape index (κ1) is 14.4. The molecule has 0 amide bonds. The van der Waals surface area contributed by atoms with Crippen molar-refractivity contribution in [3.05, 3.63) is 62.3 Å². The van der Waals surface area contributed by atoms with Crippen LogP contribution in [0.4, 0.5) is 18.9 Å². The monoisotopic (exact) mass is 393 g/mol. The van der Waals surface area contributed by atoms with E-state index in [2.05, 4.69) is 37.2 Å². The Kier molecular flexibility index (Phi) is 4.52. The SMILES string of the molecule is Fc1cc(F)c(NCc2ccc(Br)c(Br)c2)c(F)c1. The van der Waals surface area contributed by atoms with Crippen molar-refractivity contribution in [1.29, 1.82) is 0 Å². The molecule has 0 radical (unpaired) electrons. The quantitative estimate of drug-likeness (QED) is 0.750. The number of hydrogen-bond acceptors (Lipinski definition) is 1. The van der Waals surface area contributed by atoms with Gasteiger partial charge >= 0.3 is 0 Å². The van der Waals surface area contributed by atoms with E-state index >= 15 is 0 Å². The molecule has 0 saturated heterocycles. The highest BCUT2D eigenvalue weighted by atomic mass is 79.9. The van der Waals surface area contributed by atoms with Crippen LogP contribution in [0.2, 0.25) is 0 Å². The molecule has 0 saturated carbocycles. The summed E-state index contributed by atoms with van der Waals surface area (Å²) in [4.78, 5) is 0. The second-order valence-electron chi connectivity index (χ2n) is 3.85. The maximum absolute atomic E-state index is 13.4. The largest absolute Gasteiger partial charge is 0.376 e. The van der Waals surface area contributed by atoms with Gasteiger partial charge in [0.05, 0.1) is 0 Å². The third kappa shape index (κ3) is 3.51. The summed E-state index contributed by atoms with van der Waals surface area (Å²) in [5.41, 5.74) is 0.499. The zero-order valence-corrected chi connectivity index (χ0v) is 12.7. The average Bonchev–Trinajstić information content (AvgIpc) is 2.32. The van der Waals surface area contributed by atoms with Crippen LogP contribution in [-0.4, -0.2) is 0 Å². The first-order valence-corrected chi connectivity index (χ1v) is 6.88. The second-order valence-corrected chi connectivity index (χ2v) is 5.56. The summed E-state index contributed by atoms with van der Waals surface area (Å²) in [7, 11) is 0. The molecule has 0 fully saturated rings. The summed E-state index contributed by atoms with van der Waals surface area (Å²) in [5.74, 6) is -2.84. The lowest BCUT2D eigenvalue weighted by Crippen LogP contribution is -2.04. The Hall–Kier alpha value is -1.01. The van der Waals surface area contributed by atoms with Crippen LogP contribution in [0.25, 0.3) is 0 Å². The number of nitrogens with one attached hydrogen (secondary N) is 1. The van der Waals surface area contributed by atoms with Crippen LogP contribution in [0, 0.1) is 17.5 Å². The molecule has 0 unspecified atom stereocenters. The zero-order valence-electron chi connectivity index (χ0n) is 9.48. The van der Waals surface area contributed by atoms with E-state index in [0.29, 0.717) is 12.1 Å².